The van der Waals surface area contributed by atoms with Crippen molar-refractivity contribution in [3.8, 4) is 0 Å². The van der Waals surface area contributed by atoms with E-state index in [1.807, 2.05) is 0 Å². The van der Waals surface area contributed by atoms with Gasteiger partial charge in [-0.15, -0.1) is 0 Å². The molecule has 1 saturated heterocycles. The van der Waals surface area contributed by atoms with E-state index in [0.29, 0.717) is 0 Å². The second-order valence-corrected chi connectivity index (χ2v) is 3.74. The number of piperidine rings is 1. The minimum Gasteiger partial charge on any atom is -0.324 e. The van der Waals surface area contributed by atoms with Gasteiger partial charge in [0.25, 0.3) is 5.56 Å². The number of likely N-dealkylation sites (tertiary alicyclic amines) is 1. The van der Waals surface area contributed by atoms with Crippen LogP contribution in [0.1, 0.15) is 19.3 Å². The molecule has 80 valence electrons. The maximum atomic E-state index is 11.9. The van der Waals surface area contributed by atoms with Crippen LogP contribution in [-0.4, -0.2) is 28.6 Å². The summed E-state index contributed by atoms with van der Waals surface area (Å²) < 4.78 is 1.17. The maximum Gasteiger partial charge on any atom is 0.331 e. The highest BCUT2D eigenvalue weighted by Gasteiger charge is 2.18. The van der Waals surface area contributed by atoms with E-state index >= 15 is 0 Å². The molecule has 1 amide bonds. The van der Waals surface area contributed by atoms with Crippen molar-refractivity contribution in [2.45, 2.75) is 19.3 Å². The lowest BCUT2D eigenvalue weighted by Crippen LogP contribution is -2.42. The first kappa shape index (κ1) is 9.96. The van der Waals surface area contributed by atoms with Gasteiger partial charge in [0.1, 0.15) is 0 Å². The summed E-state index contributed by atoms with van der Waals surface area (Å²) >= 11 is 0. The Hall–Kier alpha value is -1.58. The lowest BCUT2D eigenvalue weighted by Gasteiger charge is -2.26. The minimum absolute atomic E-state index is 0.194. The van der Waals surface area contributed by atoms with Crippen molar-refractivity contribution in [3.05, 3.63) is 34.7 Å². The van der Waals surface area contributed by atoms with Crippen LogP contribution in [0.2, 0.25) is 0 Å². The Balaban J connectivity index is 2.20. The molecule has 0 aromatic carbocycles. The predicted octanol–water partition coefficient (Wildman–Crippen LogP) is 1.30. The van der Waals surface area contributed by atoms with Gasteiger partial charge in [0.05, 0.1) is 0 Å². The highest BCUT2D eigenvalue weighted by molar-refractivity contribution is 5.76. The van der Waals surface area contributed by atoms with E-state index in [2.05, 4.69) is 0 Å². The molecule has 0 unspecified atom stereocenters. The third kappa shape index (κ3) is 2.09. The highest BCUT2D eigenvalue weighted by atomic mass is 16.2. The third-order valence-corrected chi connectivity index (χ3v) is 2.66. The Morgan fingerprint density at radius 1 is 1.13 bits per heavy atom. The number of aromatic nitrogens is 1. The van der Waals surface area contributed by atoms with Crippen LogP contribution in [0.3, 0.4) is 0 Å². The molecule has 0 N–H and O–H groups in total. The predicted molar refractivity (Wildman–Crippen MR) is 56.9 cm³/mol. The van der Waals surface area contributed by atoms with E-state index in [-0.39, 0.29) is 11.6 Å². The van der Waals surface area contributed by atoms with Gasteiger partial charge in [-0.1, -0.05) is 6.07 Å². The van der Waals surface area contributed by atoms with Gasteiger partial charge >= 0.3 is 6.03 Å². The number of hydrogen-bond donors (Lipinski definition) is 0. The molecular weight excluding hydrogens is 192 g/mol. The molecule has 1 aromatic rings. The van der Waals surface area contributed by atoms with Gasteiger partial charge < -0.3 is 4.90 Å². The molecule has 2 heterocycles. The van der Waals surface area contributed by atoms with Crippen LogP contribution >= 0.6 is 0 Å². The third-order valence-electron chi connectivity index (χ3n) is 2.66. The van der Waals surface area contributed by atoms with Crippen molar-refractivity contribution in [1.82, 2.24) is 9.47 Å². The molecular formula is C11H14N2O2. The number of carbonyl (C=O) groups is 1. The smallest absolute Gasteiger partial charge is 0.324 e. The van der Waals surface area contributed by atoms with Crippen LogP contribution in [0.5, 0.6) is 0 Å². The van der Waals surface area contributed by atoms with Crippen molar-refractivity contribution < 1.29 is 4.79 Å². The molecule has 4 heteroatoms. The van der Waals surface area contributed by atoms with E-state index < -0.39 is 0 Å². The largest absolute Gasteiger partial charge is 0.331 e. The molecule has 4 nitrogen and oxygen atoms in total. The number of rotatable bonds is 0. The van der Waals surface area contributed by atoms with E-state index in [1.165, 1.54) is 23.3 Å². The van der Waals surface area contributed by atoms with Crippen LogP contribution in [0.25, 0.3) is 0 Å². The number of carbonyl (C=O) groups excluding carboxylic acids is 1. The average molecular weight is 206 g/mol. The minimum atomic E-state index is -0.256. The Bertz CT molecular complexity index is 405. The number of hydrogen-bond acceptors (Lipinski definition) is 2. The zero-order valence-corrected chi connectivity index (χ0v) is 8.56. The van der Waals surface area contributed by atoms with Gasteiger partial charge in [0, 0.05) is 25.4 Å². The van der Waals surface area contributed by atoms with Crippen molar-refractivity contribution >= 4 is 6.03 Å². The molecule has 0 radical (unpaired) electrons. The van der Waals surface area contributed by atoms with Gasteiger partial charge in [-0.05, 0) is 25.3 Å². The van der Waals surface area contributed by atoms with Gasteiger partial charge in [0.2, 0.25) is 0 Å². The van der Waals surface area contributed by atoms with Crippen LogP contribution < -0.4 is 5.56 Å². The molecule has 1 aliphatic rings. The first-order valence-corrected chi connectivity index (χ1v) is 5.26. The van der Waals surface area contributed by atoms with Crippen LogP contribution in [0.4, 0.5) is 4.79 Å². The second kappa shape index (κ2) is 4.29. The quantitative estimate of drug-likeness (QED) is 0.642. The first-order valence-electron chi connectivity index (χ1n) is 5.26. The van der Waals surface area contributed by atoms with Gasteiger partial charge in [-0.3, -0.25) is 4.79 Å². The highest BCUT2D eigenvalue weighted by Crippen LogP contribution is 2.09. The van der Waals surface area contributed by atoms with Crippen molar-refractivity contribution in [3.63, 3.8) is 0 Å². The van der Waals surface area contributed by atoms with Crippen LogP contribution in [0, 0.1) is 0 Å². The molecule has 1 fully saturated rings. The van der Waals surface area contributed by atoms with E-state index in [1.54, 1.807) is 17.0 Å². The van der Waals surface area contributed by atoms with E-state index in [4.69, 9.17) is 0 Å². The monoisotopic (exact) mass is 206 g/mol. The molecule has 0 saturated carbocycles. The SMILES string of the molecule is O=C(N1CCCCC1)n1ccccc1=O. The lowest BCUT2D eigenvalue weighted by atomic mass is 10.1. The zero-order chi connectivity index (χ0) is 10.7. The molecule has 0 spiro atoms. The Labute approximate surface area is 88.1 Å². The van der Waals surface area contributed by atoms with Crippen LogP contribution in [0.15, 0.2) is 29.2 Å². The molecule has 15 heavy (non-hydrogen) atoms. The zero-order valence-electron chi connectivity index (χ0n) is 8.56. The molecule has 1 aliphatic heterocycles. The summed E-state index contributed by atoms with van der Waals surface area (Å²) in [5.41, 5.74) is -0.256. The Kier molecular flexibility index (Phi) is 2.85. The molecule has 0 atom stereocenters. The summed E-state index contributed by atoms with van der Waals surface area (Å²) in [5, 5.41) is 0. The van der Waals surface area contributed by atoms with Gasteiger partial charge in [-0.25, -0.2) is 9.36 Å². The maximum absolute atomic E-state index is 11.9. The first-order chi connectivity index (χ1) is 7.29. The number of amides is 1. The fourth-order valence-corrected chi connectivity index (χ4v) is 1.82. The number of pyridine rings is 1. The standard InChI is InChI=1S/C11H14N2O2/c14-10-6-2-5-9-13(10)11(15)12-7-3-1-4-8-12/h2,5-6,9H,1,3-4,7-8H2. The van der Waals surface area contributed by atoms with Crippen molar-refractivity contribution in [1.29, 1.82) is 0 Å². The molecule has 0 aliphatic carbocycles. The van der Waals surface area contributed by atoms with Gasteiger partial charge in [0.15, 0.2) is 0 Å². The normalized spacial score (nSPS) is 16.4. The molecule has 2 rings (SSSR count). The Morgan fingerprint density at radius 3 is 2.53 bits per heavy atom. The lowest BCUT2D eigenvalue weighted by molar-refractivity contribution is 0.187. The summed E-state index contributed by atoms with van der Waals surface area (Å²) in [6.45, 7) is 1.53. The molecule has 0 bridgehead atoms. The fraction of sp³-hybridized carbons (Fsp3) is 0.455. The summed E-state index contributed by atoms with van der Waals surface area (Å²) in [6.07, 6.45) is 4.77. The summed E-state index contributed by atoms with van der Waals surface area (Å²) in [4.78, 5) is 25.1. The average Bonchev–Trinajstić information content (AvgIpc) is 2.30. The van der Waals surface area contributed by atoms with E-state index in [9.17, 15) is 9.59 Å². The summed E-state index contributed by atoms with van der Waals surface area (Å²) in [7, 11) is 0. The molecule has 1 aromatic heterocycles. The van der Waals surface area contributed by atoms with Gasteiger partial charge in [-0.2, -0.15) is 0 Å². The second-order valence-electron chi connectivity index (χ2n) is 3.74. The number of nitrogens with zero attached hydrogens (tertiary/aromatic N) is 2. The topological polar surface area (TPSA) is 42.3 Å². The van der Waals surface area contributed by atoms with E-state index in [0.717, 1.165) is 25.9 Å². The Morgan fingerprint density at radius 2 is 1.87 bits per heavy atom. The summed E-state index contributed by atoms with van der Waals surface area (Å²) in [5.74, 6) is 0. The van der Waals surface area contributed by atoms with Crippen LogP contribution in [-0.2, 0) is 0 Å². The van der Waals surface area contributed by atoms with Crippen molar-refractivity contribution in [2.75, 3.05) is 13.1 Å². The summed E-state index contributed by atoms with van der Waals surface area (Å²) in [6, 6.07) is 4.55. The fourth-order valence-electron chi connectivity index (χ4n) is 1.82. The van der Waals surface area contributed by atoms with Crippen molar-refractivity contribution in [2.24, 2.45) is 0 Å².